The van der Waals surface area contributed by atoms with Gasteiger partial charge in [-0.3, -0.25) is 4.68 Å². The van der Waals surface area contributed by atoms with Gasteiger partial charge in [0.2, 0.25) is 0 Å². The highest BCUT2D eigenvalue weighted by Crippen LogP contribution is 2.17. The van der Waals surface area contributed by atoms with Gasteiger partial charge < -0.3 is 20.3 Å². The van der Waals surface area contributed by atoms with Crippen LogP contribution in [0.1, 0.15) is 11.4 Å². The zero-order chi connectivity index (χ0) is 14.5. The maximum Gasteiger partial charge on any atom is 0.171 e. The predicted octanol–water partition coefficient (Wildman–Crippen LogP) is -0.762. The summed E-state index contributed by atoms with van der Waals surface area (Å²) >= 11 is 5.34. The molecule has 1 aliphatic rings. The normalized spacial score (nSPS) is 16.1. The summed E-state index contributed by atoms with van der Waals surface area (Å²) in [6.07, 6.45) is 0. The second-order valence-electron chi connectivity index (χ2n) is 5.16. The molecule has 0 atom stereocenters. The number of hydrogen-bond acceptors (Lipinski definition) is 3. The van der Waals surface area contributed by atoms with Crippen LogP contribution in [0.25, 0.3) is 0 Å². The molecular formula is C13H24N5OS+. The van der Waals surface area contributed by atoms with Gasteiger partial charge in [0.1, 0.15) is 13.1 Å². The topological polar surface area (TPSA) is 55.5 Å². The van der Waals surface area contributed by atoms with Gasteiger partial charge in [0.05, 0.1) is 43.4 Å². The second kappa shape index (κ2) is 7.01. The number of thiocarbonyl (C=S) groups is 1. The SMILES string of the molecule is Cc1nn(C)c(C)c1NC(=S)NCC[NH+]1CCOCC1. The van der Waals surface area contributed by atoms with Crippen molar-refractivity contribution in [2.75, 3.05) is 44.7 Å². The number of hydrogen-bond donors (Lipinski definition) is 3. The van der Waals surface area contributed by atoms with Crippen LogP contribution in [-0.2, 0) is 11.8 Å². The van der Waals surface area contributed by atoms with Gasteiger partial charge >= 0.3 is 0 Å². The molecule has 0 amide bonds. The molecular weight excluding hydrogens is 274 g/mol. The number of nitrogens with zero attached hydrogens (tertiary/aromatic N) is 2. The minimum atomic E-state index is 0.664. The third kappa shape index (κ3) is 3.91. The van der Waals surface area contributed by atoms with Crippen molar-refractivity contribution in [3.8, 4) is 0 Å². The monoisotopic (exact) mass is 298 g/mol. The van der Waals surface area contributed by atoms with Crippen molar-refractivity contribution in [1.29, 1.82) is 0 Å². The molecule has 2 rings (SSSR count). The lowest BCUT2D eigenvalue weighted by molar-refractivity contribution is -0.906. The van der Waals surface area contributed by atoms with E-state index in [1.165, 1.54) is 0 Å². The molecule has 0 unspecified atom stereocenters. The lowest BCUT2D eigenvalue weighted by Gasteiger charge is -2.24. The van der Waals surface area contributed by atoms with Crippen LogP contribution < -0.4 is 15.5 Å². The van der Waals surface area contributed by atoms with Crippen LogP contribution in [0.2, 0.25) is 0 Å². The molecule has 1 aromatic rings. The van der Waals surface area contributed by atoms with E-state index in [9.17, 15) is 0 Å². The molecule has 1 saturated heterocycles. The molecule has 0 aromatic carbocycles. The number of anilines is 1. The Kier molecular flexibility index (Phi) is 5.33. The predicted molar refractivity (Wildman–Crippen MR) is 83.3 cm³/mol. The van der Waals surface area contributed by atoms with Gasteiger partial charge in [-0.1, -0.05) is 0 Å². The maximum atomic E-state index is 5.35. The van der Waals surface area contributed by atoms with Crippen molar-refractivity contribution in [1.82, 2.24) is 15.1 Å². The number of aromatic nitrogens is 2. The molecule has 0 saturated carbocycles. The number of aryl methyl sites for hydroxylation is 2. The highest BCUT2D eigenvalue weighted by atomic mass is 32.1. The van der Waals surface area contributed by atoms with E-state index < -0.39 is 0 Å². The molecule has 1 aromatic heterocycles. The Bertz CT molecular complexity index is 468. The maximum absolute atomic E-state index is 5.35. The van der Waals surface area contributed by atoms with E-state index in [-0.39, 0.29) is 0 Å². The van der Waals surface area contributed by atoms with Crippen LogP contribution in [-0.4, -0.2) is 54.3 Å². The van der Waals surface area contributed by atoms with Crippen LogP contribution in [0, 0.1) is 13.8 Å². The van der Waals surface area contributed by atoms with Crippen molar-refractivity contribution < 1.29 is 9.64 Å². The Balaban J connectivity index is 1.75. The summed E-state index contributed by atoms with van der Waals surface area (Å²) in [4.78, 5) is 1.57. The van der Waals surface area contributed by atoms with Crippen molar-refractivity contribution in [3.05, 3.63) is 11.4 Å². The Labute approximate surface area is 125 Å². The minimum absolute atomic E-state index is 0.664. The smallest absolute Gasteiger partial charge is 0.171 e. The van der Waals surface area contributed by atoms with E-state index in [4.69, 9.17) is 17.0 Å². The molecule has 0 radical (unpaired) electrons. The van der Waals surface area contributed by atoms with Crippen LogP contribution in [0.5, 0.6) is 0 Å². The van der Waals surface area contributed by atoms with Crippen LogP contribution >= 0.6 is 12.2 Å². The van der Waals surface area contributed by atoms with Crippen LogP contribution in [0.4, 0.5) is 5.69 Å². The first-order valence-electron chi connectivity index (χ1n) is 7.04. The van der Waals surface area contributed by atoms with Gasteiger partial charge in [0.15, 0.2) is 5.11 Å². The zero-order valence-corrected chi connectivity index (χ0v) is 13.3. The molecule has 112 valence electrons. The second-order valence-corrected chi connectivity index (χ2v) is 5.57. The summed E-state index contributed by atoms with van der Waals surface area (Å²) in [5.74, 6) is 0. The third-order valence-electron chi connectivity index (χ3n) is 3.71. The summed E-state index contributed by atoms with van der Waals surface area (Å²) in [6, 6.07) is 0. The average Bonchev–Trinajstić information content (AvgIpc) is 2.67. The van der Waals surface area contributed by atoms with Gasteiger partial charge in [-0.05, 0) is 26.1 Å². The minimum Gasteiger partial charge on any atom is -0.370 e. The van der Waals surface area contributed by atoms with E-state index >= 15 is 0 Å². The Morgan fingerprint density at radius 3 is 2.70 bits per heavy atom. The van der Waals surface area contributed by atoms with Gasteiger partial charge in [0, 0.05) is 7.05 Å². The standard InChI is InChI=1S/C13H23N5OS/c1-10-12(11(2)17(3)16-10)15-13(20)14-4-5-18-6-8-19-9-7-18/h4-9H2,1-3H3,(H2,14,15,20)/p+1. The largest absolute Gasteiger partial charge is 0.370 e. The van der Waals surface area contributed by atoms with E-state index in [0.717, 1.165) is 56.5 Å². The highest BCUT2D eigenvalue weighted by Gasteiger charge is 2.14. The molecule has 1 fully saturated rings. The summed E-state index contributed by atoms with van der Waals surface area (Å²) in [5, 5.41) is 11.5. The first-order valence-corrected chi connectivity index (χ1v) is 7.45. The van der Waals surface area contributed by atoms with Gasteiger partial charge in [-0.15, -0.1) is 0 Å². The Morgan fingerprint density at radius 2 is 2.10 bits per heavy atom. The van der Waals surface area contributed by atoms with Gasteiger partial charge in [-0.25, -0.2) is 0 Å². The molecule has 0 spiro atoms. The Hall–Kier alpha value is -1.18. The van der Waals surface area contributed by atoms with E-state index in [1.54, 1.807) is 4.90 Å². The molecule has 3 N–H and O–H groups in total. The lowest BCUT2D eigenvalue weighted by atomic mass is 10.3. The summed E-state index contributed by atoms with van der Waals surface area (Å²) in [7, 11) is 1.94. The molecule has 1 aliphatic heterocycles. The molecule has 6 nitrogen and oxygen atoms in total. The number of nitrogens with one attached hydrogen (secondary N) is 3. The molecule has 7 heteroatoms. The zero-order valence-electron chi connectivity index (χ0n) is 12.5. The first-order chi connectivity index (χ1) is 9.58. The van der Waals surface area contributed by atoms with Crippen molar-refractivity contribution in [3.63, 3.8) is 0 Å². The third-order valence-corrected chi connectivity index (χ3v) is 3.96. The highest BCUT2D eigenvalue weighted by molar-refractivity contribution is 7.80. The number of rotatable bonds is 4. The van der Waals surface area contributed by atoms with Gasteiger partial charge in [0.25, 0.3) is 0 Å². The van der Waals surface area contributed by atoms with E-state index in [1.807, 2.05) is 25.6 Å². The molecule has 20 heavy (non-hydrogen) atoms. The van der Waals surface area contributed by atoms with Crippen molar-refractivity contribution in [2.45, 2.75) is 13.8 Å². The number of ether oxygens (including phenoxy) is 1. The Morgan fingerprint density at radius 1 is 1.40 bits per heavy atom. The van der Waals surface area contributed by atoms with Crippen LogP contribution in [0.15, 0.2) is 0 Å². The summed E-state index contributed by atoms with van der Waals surface area (Å²) in [5.41, 5.74) is 3.06. The number of quaternary nitrogens is 1. The molecule has 0 aliphatic carbocycles. The molecule has 2 heterocycles. The van der Waals surface area contributed by atoms with Crippen LogP contribution in [0.3, 0.4) is 0 Å². The van der Waals surface area contributed by atoms with Gasteiger partial charge in [-0.2, -0.15) is 5.10 Å². The van der Waals surface area contributed by atoms with Crippen molar-refractivity contribution in [2.24, 2.45) is 7.05 Å². The fourth-order valence-corrected chi connectivity index (χ4v) is 2.58. The number of morpholine rings is 1. The van der Waals surface area contributed by atoms with Crippen molar-refractivity contribution >= 4 is 23.0 Å². The lowest BCUT2D eigenvalue weighted by Crippen LogP contribution is -3.14. The fourth-order valence-electron chi connectivity index (χ4n) is 2.38. The van der Waals surface area contributed by atoms with E-state index in [2.05, 4.69) is 15.7 Å². The quantitative estimate of drug-likeness (QED) is 0.638. The average molecular weight is 298 g/mol. The molecule has 0 bridgehead atoms. The summed E-state index contributed by atoms with van der Waals surface area (Å²) in [6.45, 7) is 9.86. The van der Waals surface area contributed by atoms with E-state index in [0.29, 0.717) is 5.11 Å². The summed E-state index contributed by atoms with van der Waals surface area (Å²) < 4.78 is 7.21. The first kappa shape index (κ1) is 15.2. The fraction of sp³-hybridized carbons (Fsp3) is 0.692.